The van der Waals surface area contributed by atoms with Crippen LogP contribution in [0, 0.1) is 18.8 Å². The molecular weight excluding hydrogens is 456 g/mol. The van der Waals surface area contributed by atoms with Crippen molar-refractivity contribution in [2.45, 2.75) is 26.2 Å². The van der Waals surface area contributed by atoms with Gasteiger partial charge in [0.05, 0.1) is 0 Å². The Morgan fingerprint density at radius 1 is 0.500 bits per heavy atom. The van der Waals surface area contributed by atoms with Crippen molar-refractivity contribution in [2.24, 2.45) is 0 Å². The minimum absolute atomic E-state index is 0.0371. The van der Waals surface area contributed by atoms with Crippen LogP contribution in [-0.2, 0) is 5.41 Å². The Labute approximate surface area is 224 Å². The third-order valence-electron chi connectivity index (χ3n) is 8.16. The molecule has 0 unspecified atom stereocenters. The van der Waals surface area contributed by atoms with E-state index in [1.165, 1.54) is 60.5 Å². The summed E-state index contributed by atoms with van der Waals surface area (Å²) in [4.78, 5) is 0. The second-order valence-electron chi connectivity index (χ2n) is 10.9. The lowest BCUT2D eigenvalue weighted by atomic mass is 9.81. The summed E-state index contributed by atoms with van der Waals surface area (Å²) in [5.74, 6) is 7.01. The van der Waals surface area contributed by atoms with E-state index in [2.05, 4.69) is 130 Å². The van der Waals surface area contributed by atoms with Gasteiger partial charge >= 0.3 is 0 Å². The zero-order valence-electron chi connectivity index (χ0n) is 22.0. The SMILES string of the molecule is Cc1ccc2c(C#Cc3ccccc3)c3ccccc3c(-c3cccc4c3-c3ccccc3C4(C)C)c2c1. The van der Waals surface area contributed by atoms with Gasteiger partial charge in [0.1, 0.15) is 0 Å². The van der Waals surface area contributed by atoms with Crippen molar-refractivity contribution in [3.05, 3.63) is 143 Å². The maximum atomic E-state index is 3.58. The van der Waals surface area contributed by atoms with Gasteiger partial charge in [-0.1, -0.05) is 134 Å². The molecule has 0 radical (unpaired) electrons. The van der Waals surface area contributed by atoms with Crippen LogP contribution in [0.25, 0.3) is 43.8 Å². The van der Waals surface area contributed by atoms with E-state index in [4.69, 9.17) is 0 Å². The molecule has 0 aliphatic heterocycles. The first-order valence-corrected chi connectivity index (χ1v) is 13.3. The minimum atomic E-state index is -0.0371. The highest BCUT2D eigenvalue weighted by Gasteiger charge is 2.37. The largest absolute Gasteiger partial charge is 0.0622 e. The molecule has 7 rings (SSSR count). The van der Waals surface area contributed by atoms with E-state index in [1.807, 2.05) is 18.2 Å². The summed E-state index contributed by atoms with van der Waals surface area (Å²) in [5.41, 5.74) is 11.5. The second-order valence-corrected chi connectivity index (χ2v) is 10.9. The highest BCUT2D eigenvalue weighted by Crippen LogP contribution is 2.53. The molecule has 38 heavy (non-hydrogen) atoms. The molecule has 0 N–H and O–H groups in total. The Morgan fingerprint density at radius 2 is 1.16 bits per heavy atom. The predicted octanol–water partition coefficient (Wildman–Crippen LogP) is 9.67. The first-order chi connectivity index (χ1) is 18.5. The average Bonchev–Trinajstić information content (AvgIpc) is 3.18. The predicted molar refractivity (Wildman–Crippen MR) is 162 cm³/mol. The zero-order valence-corrected chi connectivity index (χ0v) is 22.0. The highest BCUT2D eigenvalue weighted by molar-refractivity contribution is 6.18. The first-order valence-electron chi connectivity index (χ1n) is 13.3. The third kappa shape index (κ3) is 3.33. The number of benzene rings is 6. The maximum absolute atomic E-state index is 3.58. The Bertz CT molecular complexity index is 1940. The van der Waals surface area contributed by atoms with E-state index in [0.29, 0.717) is 0 Å². The van der Waals surface area contributed by atoms with Crippen molar-refractivity contribution in [3.8, 4) is 34.1 Å². The van der Waals surface area contributed by atoms with Gasteiger partial charge in [-0.05, 0) is 74.0 Å². The van der Waals surface area contributed by atoms with Crippen LogP contribution in [0.3, 0.4) is 0 Å². The van der Waals surface area contributed by atoms with Gasteiger partial charge in [0.25, 0.3) is 0 Å². The molecule has 0 aromatic heterocycles. The molecule has 0 heteroatoms. The van der Waals surface area contributed by atoms with Crippen LogP contribution in [0.5, 0.6) is 0 Å². The van der Waals surface area contributed by atoms with Crippen LogP contribution in [0.4, 0.5) is 0 Å². The quantitative estimate of drug-likeness (QED) is 0.161. The molecule has 180 valence electrons. The summed E-state index contributed by atoms with van der Waals surface area (Å²) in [5, 5.41) is 4.91. The van der Waals surface area contributed by atoms with E-state index in [-0.39, 0.29) is 5.41 Å². The van der Waals surface area contributed by atoms with Gasteiger partial charge in [0, 0.05) is 16.5 Å². The summed E-state index contributed by atoms with van der Waals surface area (Å²) in [6.07, 6.45) is 0. The molecule has 0 saturated heterocycles. The lowest BCUT2D eigenvalue weighted by Gasteiger charge is -2.22. The highest BCUT2D eigenvalue weighted by atomic mass is 14.4. The van der Waals surface area contributed by atoms with Crippen molar-refractivity contribution >= 4 is 21.5 Å². The van der Waals surface area contributed by atoms with Crippen LogP contribution in [0.1, 0.15) is 41.7 Å². The molecular formula is C38H28. The number of aryl methyl sites for hydroxylation is 1. The van der Waals surface area contributed by atoms with Gasteiger partial charge in [-0.2, -0.15) is 0 Å². The number of rotatable bonds is 1. The minimum Gasteiger partial charge on any atom is -0.0622 e. The van der Waals surface area contributed by atoms with Gasteiger partial charge < -0.3 is 0 Å². The Hall–Kier alpha value is -4.60. The van der Waals surface area contributed by atoms with Gasteiger partial charge in [0.15, 0.2) is 0 Å². The standard InChI is InChI=1S/C38H28/c1-25-20-22-29-28(23-21-26-12-5-4-6-13-26)27-14-7-8-15-30(27)36(33(29)24-25)32-17-11-19-35-37(32)31-16-9-10-18-34(31)38(35,2)3/h4-20,22,24H,1-3H3. The normalized spacial score (nSPS) is 13.1. The summed E-state index contributed by atoms with van der Waals surface area (Å²) in [7, 11) is 0. The van der Waals surface area contributed by atoms with Crippen LogP contribution in [0.2, 0.25) is 0 Å². The molecule has 0 saturated carbocycles. The molecule has 0 nitrogen and oxygen atoms in total. The average molecular weight is 485 g/mol. The van der Waals surface area contributed by atoms with Crippen LogP contribution < -0.4 is 0 Å². The van der Waals surface area contributed by atoms with Crippen molar-refractivity contribution < 1.29 is 0 Å². The van der Waals surface area contributed by atoms with Gasteiger partial charge in [0.2, 0.25) is 0 Å². The molecule has 0 bridgehead atoms. The van der Waals surface area contributed by atoms with Crippen molar-refractivity contribution in [1.82, 2.24) is 0 Å². The molecule has 0 fully saturated rings. The fraction of sp³-hybridized carbons (Fsp3) is 0.105. The van der Waals surface area contributed by atoms with E-state index < -0.39 is 0 Å². The van der Waals surface area contributed by atoms with E-state index in [9.17, 15) is 0 Å². The number of hydrogen-bond donors (Lipinski definition) is 0. The van der Waals surface area contributed by atoms with Crippen molar-refractivity contribution in [3.63, 3.8) is 0 Å². The van der Waals surface area contributed by atoms with Crippen molar-refractivity contribution in [1.29, 1.82) is 0 Å². The summed E-state index contributed by atoms with van der Waals surface area (Å²) in [6, 6.07) is 41.7. The summed E-state index contributed by atoms with van der Waals surface area (Å²) < 4.78 is 0. The molecule has 6 aromatic rings. The summed E-state index contributed by atoms with van der Waals surface area (Å²) in [6.45, 7) is 6.88. The molecule has 0 amide bonds. The van der Waals surface area contributed by atoms with Crippen LogP contribution in [-0.4, -0.2) is 0 Å². The maximum Gasteiger partial charge on any atom is 0.0406 e. The molecule has 6 aromatic carbocycles. The zero-order chi connectivity index (χ0) is 25.9. The molecule has 1 aliphatic carbocycles. The van der Waals surface area contributed by atoms with E-state index >= 15 is 0 Å². The fourth-order valence-corrected chi connectivity index (χ4v) is 6.34. The Kier molecular flexibility index (Phi) is 5.04. The Balaban J connectivity index is 1.62. The van der Waals surface area contributed by atoms with E-state index in [0.717, 1.165) is 11.1 Å². The summed E-state index contributed by atoms with van der Waals surface area (Å²) >= 11 is 0. The molecule has 0 heterocycles. The van der Waals surface area contributed by atoms with E-state index in [1.54, 1.807) is 0 Å². The topological polar surface area (TPSA) is 0 Å². The lowest BCUT2D eigenvalue weighted by molar-refractivity contribution is 0.660. The van der Waals surface area contributed by atoms with Crippen LogP contribution in [0.15, 0.2) is 115 Å². The van der Waals surface area contributed by atoms with Gasteiger partial charge in [-0.25, -0.2) is 0 Å². The Morgan fingerprint density at radius 3 is 2.00 bits per heavy atom. The van der Waals surface area contributed by atoms with Gasteiger partial charge in [-0.3, -0.25) is 0 Å². The van der Waals surface area contributed by atoms with Crippen molar-refractivity contribution in [2.75, 3.05) is 0 Å². The fourth-order valence-electron chi connectivity index (χ4n) is 6.34. The van der Waals surface area contributed by atoms with Crippen LogP contribution >= 0.6 is 0 Å². The molecule has 0 atom stereocenters. The second kappa shape index (κ2) is 8.47. The number of hydrogen-bond acceptors (Lipinski definition) is 0. The monoisotopic (exact) mass is 484 g/mol. The molecule has 1 aliphatic rings. The first kappa shape index (κ1) is 22.6. The number of fused-ring (bicyclic) bond motifs is 5. The van der Waals surface area contributed by atoms with Gasteiger partial charge in [-0.15, -0.1) is 0 Å². The lowest BCUT2D eigenvalue weighted by Crippen LogP contribution is -2.14. The smallest absolute Gasteiger partial charge is 0.0406 e. The third-order valence-corrected chi connectivity index (χ3v) is 8.16. The molecule has 0 spiro atoms.